The minimum Gasteiger partial charge on any atom is -0.497 e. The third kappa shape index (κ3) is 3.36. The minimum absolute atomic E-state index is 0.343. The predicted octanol–water partition coefficient (Wildman–Crippen LogP) is 3.88. The summed E-state index contributed by atoms with van der Waals surface area (Å²) in [5.41, 5.74) is 8.38. The number of methoxy groups -OCH3 is 1. The molecule has 2 N–H and O–H groups in total. The Morgan fingerprint density at radius 3 is 2.58 bits per heavy atom. The first-order valence-electron chi connectivity index (χ1n) is 7.58. The van der Waals surface area contributed by atoms with Gasteiger partial charge < -0.3 is 10.5 Å². The van der Waals surface area contributed by atoms with E-state index in [1.54, 1.807) is 14.0 Å². The topological polar surface area (TPSA) is 65.2 Å². The number of primary amides is 1. The summed E-state index contributed by atoms with van der Waals surface area (Å²) in [6.07, 6.45) is 0. The van der Waals surface area contributed by atoms with Gasteiger partial charge in [-0.15, -0.1) is 0 Å². The molecule has 0 unspecified atom stereocenters. The van der Waals surface area contributed by atoms with Crippen LogP contribution in [0.15, 0.2) is 59.6 Å². The maximum absolute atomic E-state index is 11.4. The van der Waals surface area contributed by atoms with Crippen LogP contribution >= 0.6 is 11.8 Å². The third-order valence-corrected chi connectivity index (χ3v) is 4.81. The molecule has 0 saturated carbocycles. The number of nitrogens with zero attached hydrogens (tertiary/aromatic N) is 1. The van der Waals surface area contributed by atoms with Gasteiger partial charge in [-0.05, 0) is 36.2 Å². The monoisotopic (exact) mass is 338 g/mol. The van der Waals surface area contributed by atoms with E-state index in [0.717, 1.165) is 32.8 Å². The maximum atomic E-state index is 11.4. The van der Waals surface area contributed by atoms with E-state index < -0.39 is 0 Å². The zero-order chi connectivity index (χ0) is 17.1. The summed E-state index contributed by atoms with van der Waals surface area (Å²) in [4.78, 5) is 16.0. The van der Waals surface area contributed by atoms with Gasteiger partial charge in [-0.25, -0.2) is 4.98 Å². The van der Waals surface area contributed by atoms with Gasteiger partial charge in [-0.2, -0.15) is 0 Å². The summed E-state index contributed by atoms with van der Waals surface area (Å²) < 4.78 is 5.31. The number of rotatable bonds is 5. The van der Waals surface area contributed by atoms with Crippen LogP contribution < -0.4 is 10.5 Å². The van der Waals surface area contributed by atoms with E-state index in [4.69, 9.17) is 10.5 Å². The summed E-state index contributed by atoms with van der Waals surface area (Å²) in [5.74, 6) is 0.396. The van der Waals surface area contributed by atoms with Gasteiger partial charge in [0, 0.05) is 11.5 Å². The number of carbonyl (C=O) groups excluding carboxylic acids is 1. The molecule has 0 radical (unpaired) electrons. The Bertz CT molecular complexity index is 881. The number of benzene rings is 2. The van der Waals surface area contributed by atoms with E-state index in [0.29, 0.717) is 0 Å². The van der Waals surface area contributed by atoms with Crippen LogP contribution in [0, 0.1) is 0 Å². The van der Waals surface area contributed by atoms with Crippen LogP contribution in [-0.4, -0.2) is 23.3 Å². The van der Waals surface area contributed by atoms with Crippen LogP contribution in [0.5, 0.6) is 5.75 Å². The van der Waals surface area contributed by atoms with Gasteiger partial charge in [-0.3, -0.25) is 4.79 Å². The fraction of sp³-hybridized carbons (Fsp3) is 0.158. The second-order valence-corrected chi connectivity index (χ2v) is 6.78. The highest BCUT2D eigenvalue weighted by Gasteiger charge is 2.14. The predicted molar refractivity (Wildman–Crippen MR) is 98.2 cm³/mol. The van der Waals surface area contributed by atoms with Crippen molar-refractivity contribution in [3.8, 4) is 16.9 Å². The van der Waals surface area contributed by atoms with Crippen LogP contribution in [0.2, 0.25) is 0 Å². The largest absolute Gasteiger partial charge is 0.497 e. The fourth-order valence-electron chi connectivity index (χ4n) is 2.47. The molecule has 1 aromatic heterocycles. The van der Waals surface area contributed by atoms with Crippen LogP contribution in [0.1, 0.15) is 6.92 Å². The average molecular weight is 338 g/mol. The highest BCUT2D eigenvalue weighted by molar-refractivity contribution is 8.00. The molecule has 5 heteroatoms. The van der Waals surface area contributed by atoms with Crippen molar-refractivity contribution >= 4 is 28.6 Å². The Labute approximate surface area is 145 Å². The summed E-state index contributed by atoms with van der Waals surface area (Å²) in [7, 11) is 1.63. The molecular weight excluding hydrogens is 320 g/mol. The second kappa shape index (κ2) is 6.93. The molecule has 0 aliphatic rings. The van der Waals surface area contributed by atoms with Crippen LogP contribution in [0.3, 0.4) is 0 Å². The zero-order valence-electron chi connectivity index (χ0n) is 13.5. The van der Waals surface area contributed by atoms with Crippen molar-refractivity contribution in [2.24, 2.45) is 5.73 Å². The van der Waals surface area contributed by atoms with Crippen molar-refractivity contribution in [1.82, 2.24) is 4.98 Å². The molecule has 0 aliphatic heterocycles. The number of fused-ring (bicyclic) bond motifs is 1. The molecule has 2 aromatic carbocycles. The highest BCUT2D eigenvalue weighted by Crippen LogP contribution is 2.34. The van der Waals surface area contributed by atoms with Crippen molar-refractivity contribution in [3.05, 3.63) is 54.6 Å². The van der Waals surface area contributed by atoms with Crippen molar-refractivity contribution in [3.63, 3.8) is 0 Å². The number of aromatic nitrogens is 1. The van der Waals surface area contributed by atoms with Crippen LogP contribution in [0.25, 0.3) is 22.0 Å². The van der Waals surface area contributed by atoms with Gasteiger partial charge in [0.2, 0.25) is 5.91 Å². The molecule has 0 spiro atoms. The molecule has 4 nitrogen and oxygen atoms in total. The number of hydrogen-bond acceptors (Lipinski definition) is 4. The molecule has 0 bridgehead atoms. The van der Waals surface area contributed by atoms with Gasteiger partial charge in [0.05, 0.1) is 22.9 Å². The number of nitrogens with two attached hydrogens (primary N) is 1. The standard InChI is InChI=1S/C19H18N2O2S/c1-12(19(20)22)24-18-11-16(13-6-4-3-5-7-13)15-9-8-14(23-2)10-17(15)21-18/h3-12H,1-2H3,(H2,20,22)/t12-/m1/s1. The summed E-state index contributed by atoms with van der Waals surface area (Å²) in [5, 5.41) is 1.46. The van der Waals surface area contributed by atoms with Crippen molar-refractivity contribution < 1.29 is 9.53 Å². The third-order valence-electron chi connectivity index (χ3n) is 3.78. The molecule has 1 atom stereocenters. The van der Waals surface area contributed by atoms with Gasteiger partial charge in [0.1, 0.15) is 5.75 Å². The zero-order valence-corrected chi connectivity index (χ0v) is 14.3. The lowest BCUT2D eigenvalue weighted by Crippen LogP contribution is -2.22. The number of thioether (sulfide) groups is 1. The molecule has 24 heavy (non-hydrogen) atoms. The van der Waals surface area contributed by atoms with Gasteiger partial charge >= 0.3 is 0 Å². The molecule has 1 amide bonds. The van der Waals surface area contributed by atoms with E-state index in [2.05, 4.69) is 17.1 Å². The lowest BCUT2D eigenvalue weighted by molar-refractivity contribution is -0.117. The normalized spacial score (nSPS) is 12.1. The first-order chi connectivity index (χ1) is 11.6. The summed E-state index contributed by atoms with van der Waals surface area (Å²) >= 11 is 1.36. The van der Waals surface area contributed by atoms with E-state index in [1.807, 2.05) is 42.5 Å². The Balaban J connectivity index is 2.18. The summed E-state index contributed by atoms with van der Waals surface area (Å²) in [6, 6.07) is 18.0. The van der Waals surface area contributed by atoms with Crippen molar-refractivity contribution in [2.45, 2.75) is 17.2 Å². The molecule has 3 rings (SSSR count). The molecule has 0 fully saturated rings. The Kier molecular flexibility index (Phi) is 4.71. The maximum Gasteiger partial charge on any atom is 0.230 e. The Hall–Kier alpha value is -2.53. The van der Waals surface area contributed by atoms with E-state index >= 15 is 0 Å². The Morgan fingerprint density at radius 1 is 1.17 bits per heavy atom. The van der Waals surface area contributed by atoms with E-state index in [9.17, 15) is 4.79 Å². The SMILES string of the molecule is COc1ccc2c(-c3ccccc3)cc(S[C@H](C)C(N)=O)nc2c1. The quantitative estimate of drug-likeness (QED) is 0.717. The lowest BCUT2D eigenvalue weighted by Gasteiger charge is -2.12. The Morgan fingerprint density at radius 2 is 1.92 bits per heavy atom. The smallest absolute Gasteiger partial charge is 0.230 e. The molecule has 122 valence electrons. The van der Waals surface area contributed by atoms with Gasteiger partial charge in [-0.1, -0.05) is 42.1 Å². The number of ether oxygens (including phenoxy) is 1. The fourth-order valence-corrected chi connectivity index (χ4v) is 3.28. The number of pyridine rings is 1. The first kappa shape index (κ1) is 16.3. The number of carbonyl (C=O) groups is 1. The van der Waals surface area contributed by atoms with Gasteiger partial charge in [0.15, 0.2) is 0 Å². The summed E-state index contributed by atoms with van der Waals surface area (Å²) in [6.45, 7) is 1.78. The van der Waals surface area contributed by atoms with Crippen molar-refractivity contribution in [1.29, 1.82) is 0 Å². The molecule has 3 aromatic rings. The molecule has 0 saturated heterocycles. The van der Waals surface area contributed by atoms with E-state index in [-0.39, 0.29) is 11.2 Å². The van der Waals surface area contributed by atoms with Crippen LogP contribution in [-0.2, 0) is 4.79 Å². The minimum atomic E-state index is -0.353. The second-order valence-electron chi connectivity index (χ2n) is 5.42. The molecule has 0 aliphatic carbocycles. The number of amides is 1. The van der Waals surface area contributed by atoms with Crippen molar-refractivity contribution in [2.75, 3.05) is 7.11 Å². The first-order valence-corrected chi connectivity index (χ1v) is 8.46. The molecular formula is C19H18N2O2S. The van der Waals surface area contributed by atoms with Crippen LogP contribution in [0.4, 0.5) is 0 Å². The molecule has 1 heterocycles. The van der Waals surface area contributed by atoms with E-state index in [1.165, 1.54) is 11.8 Å². The van der Waals surface area contributed by atoms with Gasteiger partial charge in [0.25, 0.3) is 0 Å². The lowest BCUT2D eigenvalue weighted by atomic mass is 10.0. The number of hydrogen-bond donors (Lipinski definition) is 1. The average Bonchev–Trinajstić information content (AvgIpc) is 2.61. The highest BCUT2D eigenvalue weighted by atomic mass is 32.2.